The van der Waals surface area contributed by atoms with Gasteiger partial charge < -0.3 is 14.7 Å². The van der Waals surface area contributed by atoms with Crippen molar-refractivity contribution in [1.82, 2.24) is 4.90 Å². The minimum absolute atomic E-state index is 0.0557. The summed E-state index contributed by atoms with van der Waals surface area (Å²) in [7, 11) is 4.16. The Balaban J connectivity index is 1.60. The van der Waals surface area contributed by atoms with Gasteiger partial charge in [-0.25, -0.2) is 0 Å². The molecule has 170 valence electrons. The van der Waals surface area contributed by atoms with Gasteiger partial charge in [0.05, 0.1) is 6.10 Å². The summed E-state index contributed by atoms with van der Waals surface area (Å²) >= 11 is 0. The predicted octanol–water partition coefficient (Wildman–Crippen LogP) is 5.65. The second kappa shape index (κ2) is 8.35. The molecule has 0 heterocycles. The van der Waals surface area contributed by atoms with Crippen molar-refractivity contribution in [1.29, 1.82) is 0 Å². The average molecular weight is 432 g/mol. The van der Waals surface area contributed by atoms with Crippen LogP contribution < -0.4 is 4.74 Å². The molecule has 0 spiro atoms. The van der Waals surface area contributed by atoms with Crippen molar-refractivity contribution in [2.24, 2.45) is 17.3 Å². The van der Waals surface area contributed by atoms with Crippen LogP contribution in [-0.2, 0) is 0 Å². The lowest BCUT2D eigenvalue weighted by Gasteiger charge is -2.49. The maximum Gasteiger partial charge on any atom is 0.120 e. The van der Waals surface area contributed by atoms with Gasteiger partial charge in [0.25, 0.3) is 0 Å². The zero-order valence-corrected chi connectivity index (χ0v) is 20.0. The van der Waals surface area contributed by atoms with E-state index in [-0.39, 0.29) is 11.5 Å². The van der Waals surface area contributed by atoms with Crippen LogP contribution in [0.4, 0.5) is 0 Å². The molecule has 3 heteroatoms. The highest BCUT2D eigenvalue weighted by atomic mass is 16.5. The number of fused-ring (bicyclic) bond motifs is 5. The first-order valence-electron chi connectivity index (χ1n) is 12.3. The van der Waals surface area contributed by atoms with Crippen molar-refractivity contribution in [2.75, 3.05) is 27.2 Å². The maximum atomic E-state index is 10.8. The van der Waals surface area contributed by atoms with E-state index >= 15 is 0 Å². The van der Waals surface area contributed by atoms with E-state index in [9.17, 15) is 5.11 Å². The van der Waals surface area contributed by atoms with Gasteiger partial charge in [-0.05, 0) is 110 Å². The Labute approximate surface area is 193 Å². The van der Waals surface area contributed by atoms with Crippen LogP contribution in [0.2, 0.25) is 0 Å². The molecule has 2 fully saturated rings. The van der Waals surface area contributed by atoms with Gasteiger partial charge in [0.2, 0.25) is 0 Å². The second-order valence-corrected chi connectivity index (χ2v) is 10.7. The lowest BCUT2D eigenvalue weighted by Crippen LogP contribution is -2.43. The van der Waals surface area contributed by atoms with Gasteiger partial charge in [-0.1, -0.05) is 43.3 Å². The molecule has 0 radical (unpaired) electrons. The Morgan fingerprint density at radius 1 is 1.09 bits per heavy atom. The molecule has 0 unspecified atom stereocenters. The Morgan fingerprint density at radius 3 is 2.62 bits per heavy atom. The average Bonchev–Trinajstić information content (AvgIpc) is 3.08. The highest BCUT2D eigenvalue weighted by Crippen LogP contribution is 2.61. The molecule has 5 atom stereocenters. The van der Waals surface area contributed by atoms with Crippen LogP contribution >= 0.6 is 0 Å². The summed E-state index contributed by atoms with van der Waals surface area (Å²) in [4.78, 5) is 2.15. The lowest BCUT2D eigenvalue weighted by molar-refractivity contribution is -0.00813. The molecule has 0 amide bonds. The minimum atomic E-state index is -0.156. The number of aliphatic hydroxyl groups is 1. The highest BCUT2D eigenvalue weighted by Gasteiger charge is 2.54. The van der Waals surface area contributed by atoms with Gasteiger partial charge in [0, 0.05) is 6.54 Å². The van der Waals surface area contributed by atoms with E-state index in [4.69, 9.17) is 4.74 Å². The zero-order valence-electron chi connectivity index (χ0n) is 20.0. The van der Waals surface area contributed by atoms with E-state index in [1.807, 2.05) is 0 Å². The third-order valence-electron chi connectivity index (χ3n) is 8.56. The molecule has 2 saturated carbocycles. The third kappa shape index (κ3) is 3.60. The number of nitrogens with zero attached hydrogens (tertiary/aromatic N) is 1. The fraction of sp³-hybridized carbons (Fsp3) is 0.517. The minimum Gasteiger partial charge on any atom is -0.492 e. The second-order valence-electron chi connectivity index (χ2n) is 10.7. The van der Waals surface area contributed by atoms with Gasteiger partial charge in [-0.2, -0.15) is 0 Å². The lowest BCUT2D eigenvalue weighted by atomic mass is 9.55. The largest absolute Gasteiger partial charge is 0.492 e. The normalized spacial score (nSPS) is 31.0. The topological polar surface area (TPSA) is 32.7 Å². The molecule has 32 heavy (non-hydrogen) atoms. The Bertz CT molecular complexity index is 1010. The molecule has 1 N–H and O–H groups in total. The van der Waals surface area contributed by atoms with E-state index in [0.29, 0.717) is 24.4 Å². The van der Waals surface area contributed by atoms with Crippen molar-refractivity contribution >= 4 is 5.57 Å². The van der Waals surface area contributed by atoms with Crippen LogP contribution in [-0.4, -0.2) is 43.4 Å². The summed E-state index contributed by atoms with van der Waals surface area (Å²) in [6, 6.07) is 15.4. The molecule has 5 rings (SSSR count). The standard InChI is InChI=1S/C29H37NO2/c1-19-16-21(32-15-14-30(3)4)17-25-23(20-8-6-5-7-9-20)18-24-22(28(19)25)12-13-29(2)26(24)10-11-27(29)31/h5-9,16-18,22,24,26-27,31H,10-15H2,1-4H3/t22-,24+,26-,27-,29-/m0/s1. The summed E-state index contributed by atoms with van der Waals surface area (Å²) in [6.07, 6.45) is 6.76. The first kappa shape index (κ1) is 21.7. The number of aryl methyl sites for hydroxylation is 1. The molecule has 0 bridgehead atoms. The fourth-order valence-corrected chi connectivity index (χ4v) is 6.80. The predicted molar refractivity (Wildman–Crippen MR) is 131 cm³/mol. The Morgan fingerprint density at radius 2 is 1.88 bits per heavy atom. The van der Waals surface area contributed by atoms with Crippen molar-refractivity contribution in [2.45, 2.75) is 51.6 Å². The van der Waals surface area contributed by atoms with Gasteiger partial charge in [0.15, 0.2) is 0 Å². The summed E-state index contributed by atoms with van der Waals surface area (Å²) in [6.45, 7) is 6.20. The van der Waals surface area contributed by atoms with Crippen LogP contribution in [0.3, 0.4) is 0 Å². The van der Waals surface area contributed by atoms with E-state index < -0.39 is 0 Å². The van der Waals surface area contributed by atoms with Crippen molar-refractivity contribution in [3.63, 3.8) is 0 Å². The number of rotatable bonds is 5. The fourth-order valence-electron chi connectivity index (χ4n) is 6.80. The molecular formula is C29H37NO2. The smallest absolute Gasteiger partial charge is 0.120 e. The van der Waals surface area contributed by atoms with Gasteiger partial charge in [0.1, 0.15) is 12.4 Å². The number of aliphatic hydroxyl groups excluding tert-OH is 1. The van der Waals surface area contributed by atoms with Crippen molar-refractivity contribution < 1.29 is 9.84 Å². The van der Waals surface area contributed by atoms with Gasteiger partial charge in [-0.15, -0.1) is 0 Å². The number of hydrogen-bond acceptors (Lipinski definition) is 3. The Hall–Kier alpha value is -2.10. The number of hydrogen-bond donors (Lipinski definition) is 1. The quantitative estimate of drug-likeness (QED) is 0.664. The zero-order chi connectivity index (χ0) is 22.5. The maximum absolute atomic E-state index is 10.8. The van der Waals surface area contributed by atoms with Crippen LogP contribution in [0.15, 0.2) is 48.5 Å². The number of benzene rings is 2. The molecule has 2 aromatic rings. The van der Waals surface area contributed by atoms with Crippen LogP contribution in [0.25, 0.3) is 5.57 Å². The van der Waals surface area contributed by atoms with Crippen LogP contribution in [0, 0.1) is 24.2 Å². The Kier molecular flexibility index (Phi) is 5.67. The van der Waals surface area contributed by atoms with E-state index in [1.165, 1.54) is 27.8 Å². The molecule has 0 aliphatic heterocycles. The summed E-state index contributed by atoms with van der Waals surface area (Å²) in [5.41, 5.74) is 6.89. The number of allylic oxidation sites excluding steroid dienone is 1. The van der Waals surface area contributed by atoms with Crippen LogP contribution in [0.5, 0.6) is 5.75 Å². The molecule has 0 saturated heterocycles. The van der Waals surface area contributed by atoms with Crippen molar-refractivity contribution in [3.8, 4) is 5.75 Å². The molecule has 2 aromatic carbocycles. The molecular weight excluding hydrogens is 394 g/mol. The SMILES string of the molecule is Cc1cc(OCCN(C)C)cc2c1[C@H]1CC[C@]3(C)[C@@H](O)CC[C@H]3[C@@H]1C=C2c1ccccc1. The van der Waals surface area contributed by atoms with E-state index in [0.717, 1.165) is 38.0 Å². The summed E-state index contributed by atoms with van der Waals surface area (Å²) < 4.78 is 6.18. The van der Waals surface area contributed by atoms with Crippen molar-refractivity contribution in [3.05, 3.63) is 70.8 Å². The first-order chi connectivity index (χ1) is 15.4. The molecule has 3 aliphatic carbocycles. The van der Waals surface area contributed by atoms with Gasteiger partial charge >= 0.3 is 0 Å². The third-order valence-corrected chi connectivity index (χ3v) is 8.56. The summed E-state index contributed by atoms with van der Waals surface area (Å²) in [5, 5.41) is 10.8. The van der Waals surface area contributed by atoms with Gasteiger partial charge in [-0.3, -0.25) is 0 Å². The number of likely N-dealkylation sites (N-methyl/N-ethyl adjacent to an activating group) is 1. The molecule has 3 nitrogen and oxygen atoms in total. The molecule has 3 aliphatic rings. The highest BCUT2D eigenvalue weighted by molar-refractivity contribution is 5.84. The molecule has 0 aromatic heterocycles. The first-order valence-corrected chi connectivity index (χ1v) is 12.3. The van der Waals surface area contributed by atoms with E-state index in [2.05, 4.69) is 81.4 Å². The number of ether oxygens (including phenoxy) is 1. The van der Waals surface area contributed by atoms with E-state index in [1.54, 1.807) is 0 Å². The van der Waals surface area contributed by atoms with Crippen LogP contribution in [0.1, 0.15) is 60.8 Å². The monoisotopic (exact) mass is 431 g/mol. The summed E-state index contributed by atoms with van der Waals surface area (Å²) in [5.74, 6) is 2.56.